The Morgan fingerprint density at radius 2 is 2.04 bits per heavy atom. The second-order valence-electron chi connectivity index (χ2n) is 8.36. The molecule has 27 heavy (non-hydrogen) atoms. The molecule has 0 aromatic carbocycles. The molecule has 1 saturated carbocycles. The Morgan fingerprint density at radius 3 is 2.81 bits per heavy atom. The number of carbonyl (C=O) groups excluding carboxylic acids is 1. The minimum Gasteiger partial charge on any atom is -0.379 e. The van der Waals surface area contributed by atoms with Crippen LogP contribution in [0.4, 0.5) is 0 Å². The molecule has 2 fully saturated rings. The van der Waals surface area contributed by atoms with Gasteiger partial charge in [0.15, 0.2) is 0 Å². The van der Waals surface area contributed by atoms with Gasteiger partial charge in [-0.25, -0.2) is 0 Å². The van der Waals surface area contributed by atoms with Crippen LogP contribution in [0.15, 0.2) is 11.4 Å². The number of hydrogen-bond acceptors (Lipinski definition) is 5. The molecule has 5 nitrogen and oxygen atoms in total. The van der Waals surface area contributed by atoms with Crippen LogP contribution in [-0.4, -0.2) is 67.2 Å². The second kappa shape index (κ2) is 8.60. The zero-order chi connectivity index (χ0) is 18.7. The van der Waals surface area contributed by atoms with E-state index in [0.29, 0.717) is 12.6 Å². The van der Waals surface area contributed by atoms with Crippen molar-refractivity contribution < 1.29 is 9.53 Å². The summed E-state index contributed by atoms with van der Waals surface area (Å²) in [6, 6.07) is 2.57. The molecule has 0 bridgehead atoms. The summed E-state index contributed by atoms with van der Waals surface area (Å²) in [6.07, 6.45) is 7.35. The van der Waals surface area contributed by atoms with Crippen LogP contribution in [0.5, 0.6) is 0 Å². The second-order valence-corrected chi connectivity index (χ2v) is 9.36. The molecule has 4 rings (SSSR count). The molecule has 1 aliphatic carbocycles. The Labute approximate surface area is 167 Å². The third-order valence-corrected chi connectivity index (χ3v) is 7.83. The maximum atomic E-state index is 12.8. The van der Waals surface area contributed by atoms with Crippen molar-refractivity contribution in [2.75, 3.05) is 45.9 Å². The van der Waals surface area contributed by atoms with Crippen LogP contribution in [0.2, 0.25) is 0 Å². The molecule has 1 aromatic heterocycles. The van der Waals surface area contributed by atoms with Crippen LogP contribution in [-0.2, 0) is 16.0 Å². The molecule has 2 aliphatic heterocycles. The molecule has 3 heterocycles. The standard InChI is InChI=1S/C21H33N3O2S/c1-17-18-6-14-27-19(18)5-9-23(17)15-20(25)22-16-21(7-3-2-4-8-21)24-10-12-26-13-11-24/h6,14,17H,2-5,7-13,15-16H2,1H3,(H,22,25). The highest BCUT2D eigenvalue weighted by atomic mass is 32.1. The number of ether oxygens (including phenoxy) is 1. The number of carbonyl (C=O) groups is 1. The van der Waals surface area contributed by atoms with E-state index in [1.807, 2.05) is 11.3 Å². The van der Waals surface area contributed by atoms with Crippen molar-refractivity contribution in [3.8, 4) is 0 Å². The van der Waals surface area contributed by atoms with Gasteiger partial charge >= 0.3 is 0 Å². The molecule has 1 N–H and O–H groups in total. The van der Waals surface area contributed by atoms with Gasteiger partial charge in [0.2, 0.25) is 5.91 Å². The summed E-state index contributed by atoms with van der Waals surface area (Å²) in [7, 11) is 0. The van der Waals surface area contributed by atoms with E-state index in [9.17, 15) is 4.79 Å². The largest absolute Gasteiger partial charge is 0.379 e. The van der Waals surface area contributed by atoms with E-state index in [4.69, 9.17) is 4.74 Å². The van der Waals surface area contributed by atoms with Gasteiger partial charge in [0, 0.05) is 42.6 Å². The Bertz CT molecular complexity index is 635. The van der Waals surface area contributed by atoms with Gasteiger partial charge in [-0.2, -0.15) is 0 Å². The SMILES string of the molecule is CC1c2ccsc2CCN1CC(=O)NCC1(N2CCOCC2)CCCCC1. The normalized spacial score (nSPS) is 26.5. The first-order valence-corrected chi connectivity index (χ1v) is 11.5. The molecule has 1 aromatic rings. The van der Waals surface area contributed by atoms with Crippen LogP contribution < -0.4 is 5.32 Å². The van der Waals surface area contributed by atoms with Crippen LogP contribution in [0.1, 0.15) is 55.5 Å². The van der Waals surface area contributed by atoms with Crippen molar-refractivity contribution in [1.82, 2.24) is 15.1 Å². The van der Waals surface area contributed by atoms with Crippen molar-refractivity contribution in [2.45, 2.75) is 57.0 Å². The summed E-state index contributed by atoms with van der Waals surface area (Å²) in [4.78, 5) is 19.2. The number of hydrogen-bond donors (Lipinski definition) is 1. The first-order chi connectivity index (χ1) is 13.2. The van der Waals surface area contributed by atoms with Crippen LogP contribution >= 0.6 is 11.3 Å². The van der Waals surface area contributed by atoms with Crippen molar-refractivity contribution in [1.29, 1.82) is 0 Å². The zero-order valence-corrected chi connectivity index (χ0v) is 17.4. The van der Waals surface area contributed by atoms with Gasteiger partial charge in [-0.1, -0.05) is 19.3 Å². The average molecular weight is 392 g/mol. The Balaban J connectivity index is 1.34. The lowest BCUT2D eigenvalue weighted by atomic mass is 9.79. The number of fused-ring (bicyclic) bond motifs is 1. The number of nitrogens with one attached hydrogen (secondary N) is 1. The zero-order valence-electron chi connectivity index (χ0n) is 16.5. The number of nitrogens with zero attached hydrogens (tertiary/aromatic N) is 2. The first kappa shape index (κ1) is 19.4. The molecule has 1 unspecified atom stereocenters. The Hall–Kier alpha value is -0.950. The van der Waals surface area contributed by atoms with Gasteiger partial charge in [-0.05, 0) is 43.2 Å². The van der Waals surface area contributed by atoms with Gasteiger partial charge < -0.3 is 10.1 Å². The fraction of sp³-hybridized carbons (Fsp3) is 0.762. The van der Waals surface area contributed by atoms with Gasteiger partial charge in [0.05, 0.1) is 19.8 Å². The highest BCUT2D eigenvalue weighted by molar-refractivity contribution is 7.10. The fourth-order valence-corrected chi connectivity index (χ4v) is 6.10. The quantitative estimate of drug-likeness (QED) is 0.838. The predicted octanol–water partition coefficient (Wildman–Crippen LogP) is 2.82. The van der Waals surface area contributed by atoms with E-state index in [1.54, 1.807) is 0 Å². The van der Waals surface area contributed by atoms with E-state index in [2.05, 4.69) is 33.5 Å². The topological polar surface area (TPSA) is 44.8 Å². The highest BCUT2D eigenvalue weighted by Gasteiger charge is 2.39. The van der Waals surface area contributed by atoms with Gasteiger partial charge in [0.25, 0.3) is 0 Å². The summed E-state index contributed by atoms with van der Waals surface area (Å²) in [5.74, 6) is 0.179. The maximum absolute atomic E-state index is 12.8. The number of thiophene rings is 1. The summed E-state index contributed by atoms with van der Waals surface area (Å²) in [5.41, 5.74) is 1.56. The van der Waals surface area contributed by atoms with Crippen molar-refractivity contribution in [3.05, 3.63) is 21.9 Å². The minimum absolute atomic E-state index is 0.145. The van der Waals surface area contributed by atoms with Crippen molar-refractivity contribution in [3.63, 3.8) is 0 Å². The summed E-state index contributed by atoms with van der Waals surface area (Å²) in [6.45, 7) is 8.16. The number of morpholine rings is 1. The lowest BCUT2D eigenvalue weighted by Crippen LogP contribution is -2.60. The first-order valence-electron chi connectivity index (χ1n) is 10.6. The molecule has 150 valence electrons. The molecule has 1 saturated heterocycles. The lowest BCUT2D eigenvalue weighted by molar-refractivity contribution is -0.124. The lowest BCUT2D eigenvalue weighted by Gasteiger charge is -2.48. The van der Waals surface area contributed by atoms with Crippen molar-refractivity contribution >= 4 is 17.2 Å². The number of amides is 1. The molecule has 1 atom stereocenters. The van der Waals surface area contributed by atoms with Gasteiger partial charge in [-0.3, -0.25) is 14.6 Å². The molecular weight excluding hydrogens is 358 g/mol. The molecule has 0 radical (unpaired) electrons. The third kappa shape index (κ3) is 4.24. The van der Waals surface area contributed by atoms with Crippen molar-refractivity contribution in [2.24, 2.45) is 0 Å². The molecular formula is C21H33N3O2S. The van der Waals surface area contributed by atoms with E-state index in [-0.39, 0.29) is 11.4 Å². The monoisotopic (exact) mass is 391 g/mol. The molecule has 0 spiro atoms. The van der Waals surface area contributed by atoms with Gasteiger partial charge in [0.1, 0.15) is 0 Å². The van der Waals surface area contributed by atoms with E-state index < -0.39 is 0 Å². The van der Waals surface area contributed by atoms with E-state index in [0.717, 1.165) is 45.8 Å². The molecule has 6 heteroatoms. The summed E-state index contributed by atoms with van der Waals surface area (Å²) >= 11 is 1.85. The molecule has 3 aliphatic rings. The van der Waals surface area contributed by atoms with Gasteiger partial charge in [-0.15, -0.1) is 11.3 Å². The third-order valence-electron chi connectivity index (χ3n) is 6.83. The van der Waals surface area contributed by atoms with Crippen LogP contribution in [0.25, 0.3) is 0 Å². The fourth-order valence-electron chi connectivity index (χ4n) is 5.13. The molecule has 1 amide bonds. The summed E-state index contributed by atoms with van der Waals surface area (Å²) < 4.78 is 5.56. The Morgan fingerprint density at radius 1 is 1.26 bits per heavy atom. The maximum Gasteiger partial charge on any atom is 0.234 e. The van der Waals surface area contributed by atoms with Crippen LogP contribution in [0, 0.1) is 0 Å². The van der Waals surface area contributed by atoms with Crippen LogP contribution in [0.3, 0.4) is 0 Å². The number of rotatable bonds is 5. The predicted molar refractivity (Wildman–Crippen MR) is 109 cm³/mol. The average Bonchev–Trinajstić information content (AvgIpc) is 3.20. The minimum atomic E-state index is 0.145. The highest BCUT2D eigenvalue weighted by Crippen LogP contribution is 2.34. The van der Waals surface area contributed by atoms with E-state index >= 15 is 0 Å². The Kier molecular flexibility index (Phi) is 6.17. The van der Waals surface area contributed by atoms with E-state index in [1.165, 1.54) is 42.5 Å². The summed E-state index contributed by atoms with van der Waals surface area (Å²) in [5, 5.41) is 5.50. The smallest absolute Gasteiger partial charge is 0.234 e.